The molecule has 7 nitrogen and oxygen atoms in total. The maximum absolute atomic E-state index is 12.4. The molecule has 0 N–H and O–H groups in total. The summed E-state index contributed by atoms with van der Waals surface area (Å²) in [6.45, 7) is 5.11. The normalized spacial score (nSPS) is 10.7. The molecule has 0 fully saturated rings. The minimum absolute atomic E-state index is 0.0851. The average molecular weight is 383 g/mol. The van der Waals surface area contributed by atoms with Crippen molar-refractivity contribution in [3.63, 3.8) is 0 Å². The number of aryl methyl sites for hydroxylation is 3. The van der Waals surface area contributed by atoms with Crippen molar-refractivity contribution < 1.29 is 24.0 Å². The number of nitro groups is 1. The quantitative estimate of drug-likeness (QED) is 0.236. The summed E-state index contributed by atoms with van der Waals surface area (Å²) in [5.41, 5.74) is 3.05. The van der Waals surface area contributed by atoms with Crippen molar-refractivity contribution >= 4 is 23.5 Å². The number of hydrogen-bond donors (Lipinski definition) is 0. The second kappa shape index (κ2) is 8.94. The first kappa shape index (κ1) is 20.8. The highest BCUT2D eigenvalue weighted by Crippen LogP contribution is 2.26. The number of carbonyl (C=O) groups is 2. The van der Waals surface area contributed by atoms with Gasteiger partial charge in [-0.05, 0) is 55.7 Å². The van der Waals surface area contributed by atoms with Gasteiger partial charge in [-0.1, -0.05) is 18.2 Å². The molecule has 0 saturated heterocycles. The molecular formula is C21H21NO6. The fraction of sp³-hybridized carbons (Fsp3) is 0.238. The third kappa shape index (κ3) is 5.03. The molecule has 0 aromatic heterocycles. The molecule has 0 saturated carbocycles. The van der Waals surface area contributed by atoms with Gasteiger partial charge in [-0.25, -0.2) is 4.79 Å². The molecule has 0 aliphatic carbocycles. The number of allylic oxidation sites excluding steroid dienone is 1. The predicted molar refractivity (Wildman–Crippen MR) is 105 cm³/mol. The summed E-state index contributed by atoms with van der Waals surface area (Å²) in [5.74, 6) is -0.215. The van der Waals surface area contributed by atoms with Crippen LogP contribution in [-0.4, -0.2) is 30.4 Å². The fourth-order valence-corrected chi connectivity index (χ4v) is 2.73. The van der Waals surface area contributed by atoms with Crippen LogP contribution in [0.1, 0.15) is 32.6 Å². The maximum atomic E-state index is 12.4. The van der Waals surface area contributed by atoms with Crippen molar-refractivity contribution in [2.24, 2.45) is 0 Å². The Balaban J connectivity index is 2.20. The molecule has 2 aromatic rings. The molecule has 0 heterocycles. The van der Waals surface area contributed by atoms with Gasteiger partial charge >= 0.3 is 5.97 Å². The van der Waals surface area contributed by atoms with Crippen LogP contribution in [0.4, 0.5) is 5.69 Å². The number of methoxy groups -OCH3 is 1. The molecule has 0 bridgehead atoms. The molecule has 0 amide bonds. The summed E-state index contributed by atoms with van der Waals surface area (Å²) in [7, 11) is 1.29. The number of esters is 1. The first-order valence-electron chi connectivity index (χ1n) is 8.51. The summed E-state index contributed by atoms with van der Waals surface area (Å²) >= 11 is 0. The van der Waals surface area contributed by atoms with Crippen molar-refractivity contribution in [3.8, 4) is 5.75 Å². The Bertz CT molecular complexity index is 938. The Hall–Kier alpha value is -3.48. The Morgan fingerprint density at radius 1 is 1.07 bits per heavy atom. The van der Waals surface area contributed by atoms with Crippen molar-refractivity contribution in [3.05, 3.63) is 74.3 Å². The zero-order valence-corrected chi connectivity index (χ0v) is 16.1. The Labute approximate surface area is 162 Å². The van der Waals surface area contributed by atoms with Gasteiger partial charge in [0, 0.05) is 17.2 Å². The zero-order chi connectivity index (χ0) is 20.8. The number of ether oxygens (including phenoxy) is 2. The number of hydrogen-bond acceptors (Lipinski definition) is 6. The summed E-state index contributed by atoms with van der Waals surface area (Å²) < 4.78 is 10.0. The number of rotatable bonds is 7. The third-order valence-electron chi connectivity index (χ3n) is 4.16. The van der Waals surface area contributed by atoms with Crippen LogP contribution in [0.2, 0.25) is 0 Å². The molecule has 146 valence electrons. The van der Waals surface area contributed by atoms with Gasteiger partial charge in [-0.3, -0.25) is 14.9 Å². The molecule has 0 unspecified atom stereocenters. The van der Waals surface area contributed by atoms with Crippen LogP contribution in [0.25, 0.3) is 6.08 Å². The van der Waals surface area contributed by atoms with Gasteiger partial charge in [-0.2, -0.15) is 0 Å². The third-order valence-corrected chi connectivity index (χ3v) is 4.16. The van der Waals surface area contributed by atoms with Crippen LogP contribution in [0, 0.1) is 30.9 Å². The van der Waals surface area contributed by atoms with Crippen molar-refractivity contribution in [1.29, 1.82) is 0 Å². The Kier molecular flexibility index (Phi) is 6.65. The lowest BCUT2D eigenvalue weighted by Gasteiger charge is -2.12. The van der Waals surface area contributed by atoms with Gasteiger partial charge in [0.2, 0.25) is 0 Å². The van der Waals surface area contributed by atoms with E-state index in [1.54, 1.807) is 25.1 Å². The molecule has 0 aliphatic heterocycles. The van der Waals surface area contributed by atoms with Crippen LogP contribution < -0.4 is 4.74 Å². The van der Waals surface area contributed by atoms with E-state index < -0.39 is 10.9 Å². The van der Waals surface area contributed by atoms with E-state index in [0.717, 1.165) is 16.7 Å². The number of carbonyl (C=O) groups excluding carboxylic acids is 2. The van der Waals surface area contributed by atoms with E-state index in [4.69, 9.17) is 4.74 Å². The highest BCUT2D eigenvalue weighted by atomic mass is 16.6. The smallest absolute Gasteiger partial charge is 0.343 e. The van der Waals surface area contributed by atoms with Crippen LogP contribution in [0.5, 0.6) is 5.75 Å². The zero-order valence-electron chi connectivity index (χ0n) is 16.1. The van der Waals surface area contributed by atoms with E-state index in [9.17, 15) is 19.7 Å². The largest absolute Gasteiger partial charge is 0.481 e. The Morgan fingerprint density at radius 2 is 1.71 bits per heavy atom. The molecule has 2 aromatic carbocycles. The lowest BCUT2D eigenvalue weighted by molar-refractivity contribution is -0.385. The molecule has 0 aliphatic rings. The SMILES string of the molecule is COC(=O)COc1c(C)cc(/C=C/C(=O)c2ccc(C)c([N+](=O)[O-])c2)cc1C. The van der Waals surface area contributed by atoms with E-state index in [1.165, 1.54) is 19.3 Å². The Morgan fingerprint density at radius 3 is 2.29 bits per heavy atom. The fourth-order valence-electron chi connectivity index (χ4n) is 2.73. The number of benzene rings is 2. The van der Waals surface area contributed by atoms with Gasteiger partial charge in [0.25, 0.3) is 5.69 Å². The average Bonchev–Trinajstić information content (AvgIpc) is 2.65. The summed E-state index contributed by atoms with van der Waals surface area (Å²) in [5, 5.41) is 11.0. The van der Waals surface area contributed by atoms with E-state index in [2.05, 4.69) is 4.74 Å². The molecule has 0 radical (unpaired) electrons. The summed E-state index contributed by atoms with van der Waals surface area (Å²) in [6, 6.07) is 8.04. The second-order valence-electron chi connectivity index (χ2n) is 6.30. The van der Waals surface area contributed by atoms with Crippen LogP contribution in [0.15, 0.2) is 36.4 Å². The highest BCUT2D eigenvalue weighted by molar-refractivity contribution is 6.07. The first-order valence-corrected chi connectivity index (χ1v) is 8.51. The van der Waals surface area contributed by atoms with Gasteiger partial charge in [0.1, 0.15) is 5.75 Å². The van der Waals surface area contributed by atoms with Gasteiger partial charge in [0.05, 0.1) is 12.0 Å². The molecule has 0 atom stereocenters. The van der Waals surface area contributed by atoms with Crippen LogP contribution in [0.3, 0.4) is 0 Å². The van der Waals surface area contributed by atoms with Crippen molar-refractivity contribution in [1.82, 2.24) is 0 Å². The molecule has 0 spiro atoms. The standard InChI is InChI=1S/C21H21NO6/c1-13-5-7-17(11-18(13)22(25)26)19(23)8-6-16-9-14(2)21(15(3)10-16)28-12-20(24)27-4/h5-11H,12H2,1-4H3/b8-6+. The van der Waals surface area contributed by atoms with E-state index in [1.807, 2.05) is 26.0 Å². The van der Waals surface area contributed by atoms with E-state index >= 15 is 0 Å². The topological polar surface area (TPSA) is 95.7 Å². The second-order valence-corrected chi connectivity index (χ2v) is 6.30. The van der Waals surface area contributed by atoms with Gasteiger partial charge < -0.3 is 9.47 Å². The van der Waals surface area contributed by atoms with Crippen molar-refractivity contribution in [2.45, 2.75) is 20.8 Å². The van der Waals surface area contributed by atoms with E-state index in [-0.39, 0.29) is 23.6 Å². The molecule has 2 rings (SSSR count). The van der Waals surface area contributed by atoms with Crippen LogP contribution >= 0.6 is 0 Å². The minimum atomic E-state index is -0.504. The van der Waals surface area contributed by atoms with Gasteiger partial charge in [-0.15, -0.1) is 0 Å². The molecule has 7 heteroatoms. The predicted octanol–water partition coefficient (Wildman–Crippen LogP) is 3.97. The molecule has 28 heavy (non-hydrogen) atoms. The summed E-state index contributed by atoms with van der Waals surface area (Å²) in [4.78, 5) is 34.1. The van der Waals surface area contributed by atoms with Gasteiger partial charge in [0.15, 0.2) is 12.4 Å². The number of ketones is 1. The van der Waals surface area contributed by atoms with E-state index in [0.29, 0.717) is 11.3 Å². The first-order chi connectivity index (χ1) is 13.2. The maximum Gasteiger partial charge on any atom is 0.343 e. The minimum Gasteiger partial charge on any atom is -0.481 e. The van der Waals surface area contributed by atoms with Crippen LogP contribution in [-0.2, 0) is 9.53 Å². The van der Waals surface area contributed by atoms with Crippen molar-refractivity contribution in [2.75, 3.05) is 13.7 Å². The number of nitro benzene ring substituents is 1. The summed E-state index contributed by atoms with van der Waals surface area (Å²) in [6.07, 6.45) is 3.01. The monoisotopic (exact) mass is 383 g/mol. The highest BCUT2D eigenvalue weighted by Gasteiger charge is 2.14. The number of nitrogens with zero attached hydrogens (tertiary/aromatic N) is 1. The molecular weight excluding hydrogens is 362 g/mol. The lowest BCUT2D eigenvalue weighted by atomic mass is 10.0. The lowest BCUT2D eigenvalue weighted by Crippen LogP contribution is -2.13.